The third kappa shape index (κ3) is 4.41. The van der Waals surface area contributed by atoms with Crippen LogP contribution in [0.4, 0.5) is 0 Å². The third-order valence-electron chi connectivity index (χ3n) is 6.65. The third-order valence-corrected chi connectivity index (χ3v) is 6.65. The Balaban J connectivity index is 1.53. The zero-order valence-corrected chi connectivity index (χ0v) is 18.0. The van der Waals surface area contributed by atoms with Crippen LogP contribution in [0.1, 0.15) is 49.4 Å². The smallest absolute Gasteiger partial charge is 0.255 e. The highest BCUT2D eigenvalue weighted by Crippen LogP contribution is 2.32. The molecule has 1 fully saturated rings. The summed E-state index contributed by atoms with van der Waals surface area (Å²) in [4.78, 5) is 22.9. The van der Waals surface area contributed by atoms with Gasteiger partial charge in [-0.1, -0.05) is 38.0 Å². The van der Waals surface area contributed by atoms with Crippen LogP contribution in [0.3, 0.4) is 0 Å². The second-order valence-electron chi connectivity index (χ2n) is 8.54. The predicted molar refractivity (Wildman–Crippen MR) is 117 cm³/mol. The van der Waals surface area contributed by atoms with Gasteiger partial charge in [-0.2, -0.15) is 0 Å². The highest BCUT2D eigenvalue weighted by atomic mass is 16.2. The van der Waals surface area contributed by atoms with Gasteiger partial charge in [0.25, 0.3) is 5.91 Å². The maximum atomic E-state index is 12.9. The van der Waals surface area contributed by atoms with Crippen LogP contribution in [-0.4, -0.2) is 78.5 Å². The molecule has 154 valence electrons. The van der Waals surface area contributed by atoms with Gasteiger partial charge in [0.2, 0.25) is 0 Å². The molecule has 3 rings (SSSR count). The van der Waals surface area contributed by atoms with Gasteiger partial charge in [0.05, 0.1) is 5.56 Å². The number of likely N-dealkylation sites (N-methyl/N-ethyl adjacent to an activating group) is 1. The van der Waals surface area contributed by atoms with Crippen molar-refractivity contribution in [3.63, 3.8) is 0 Å². The number of hydrogen-bond acceptors (Lipinski definition) is 3. The fraction of sp³-hybridized carbons (Fsp3) is 0.609. The molecular formula is C23H36N4O. The van der Waals surface area contributed by atoms with Crippen molar-refractivity contribution < 1.29 is 4.79 Å². The molecule has 0 saturated carbocycles. The molecule has 28 heavy (non-hydrogen) atoms. The maximum Gasteiger partial charge on any atom is 0.255 e. The van der Waals surface area contributed by atoms with Crippen molar-refractivity contribution in [3.05, 3.63) is 36.0 Å². The van der Waals surface area contributed by atoms with Crippen molar-refractivity contribution in [1.29, 1.82) is 0 Å². The molecule has 0 radical (unpaired) electrons. The Labute approximate surface area is 169 Å². The fourth-order valence-electron chi connectivity index (χ4n) is 4.47. The molecule has 5 nitrogen and oxygen atoms in total. The number of rotatable bonds is 8. The molecule has 1 amide bonds. The molecule has 0 atom stereocenters. The summed E-state index contributed by atoms with van der Waals surface area (Å²) in [7, 11) is 6.39. The van der Waals surface area contributed by atoms with Gasteiger partial charge in [-0.25, -0.2) is 0 Å². The van der Waals surface area contributed by atoms with Crippen molar-refractivity contribution in [2.24, 2.45) is 0 Å². The Hall–Kier alpha value is -1.85. The van der Waals surface area contributed by atoms with Gasteiger partial charge in [-0.05, 0) is 52.5 Å². The van der Waals surface area contributed by atoms with E-state index in [-0.39, 0.29) is 5.91 Å². The lowest BCUT2D eigenvalue weighted by atomic mass is 9.82. The topological polar surface area (TPSA) is 42.6 Å². The van der Waals surface area contributed by atoms with Crippen molar-refractivity contribution in [1.82, 2.24) is 19.7 Å². The zero-order valence-electron chi connectivity index (χ0n) is 18.0. The van der Waals surface area contributed by atoms with Gasteiger partial charge in [0.1, 0.15) is 0 Å². The van der Waals surface area contributed by atoms with Crippen molar-refractivity contribution >= 4 is 16.8 Å². The second kappa shape index (κ2) is 9.10. The number of likely N-dealkylation sites (tertiary alicyclic amines) is 1. The Morgan fingerprint density at radius 3 is 2.57 bits per heavy atom. The standard InChI is InChI=1S/C23H36N4O/c1-5-6-11-23(25(2)3)12-14-27(15-13-23)17-16-26(4)22(28)20-18-24-21-10-8-7-9-19(20)21/h7-10,18,24H,5-6,11-17H2,1-4H3. The average molecular weight is 385 g/mol. The maximum absolute atomic E-state index is 12.9. The van der Waals surface area contributed by atoms with Crippen LogP contribution >= 0.6 is 0 Å². The van der Waals surface area contributed by atoms with E-state index in [0.29, 0.717) is 5.54 Å². The van der Waals surface area contributed by atoms with Gasteiger partial charge in [-0.3, -0.25) is 4.79 Å². The number of aromatic nitrogens is 1. The molecule has 0 unspecified atom stereocenters. The van der Waals surface area contributed by atoms with E-state index in [9.17, 15) is 4.79 Å². The molecule has 5 heteroatoms. The van der Waals surface area contributed by atoms with Crippen LogP contribution < -0.4 is 0 Å². The number of benzene rings is 1. The molecule has 1 aromatic carbocycles. The average Bonchev–Trinajstić information content (AvgIpc) is 3.14. The molecular weight excluding hydrogens is 348 g/mol. The minimum Gasteiger partial charge on any atom is -0.360 e. The Kier molecular flexibility index (Phi) is 6.78. The van der Waals surface area contributed by atoms with Crippen LogP contribution in [0.5, 0.6) is 0 Å². The summed E-state index contributed by atoms with van der Waals surface area (Å²) in [5.74, 6) is 0.0973. The Morgan fingerprint density at radius 1 is 1.18 bits per heavy atom. The summed E-state index contributed by atoms with van der Waals surface area (Å²) in [5.41, 5.74) is 2.14. The van der Waals surface area contributed by atoms with Gasteiger partial charge in [0.15, 0.2) is 0 Å². The lowest BCUT2D eigenvalue weighted by Gasteiger charge is -2.46. The van der Waals surface area contributed by atoms with Crippen LogP contribution in [0.15, 0.2) is 30.5 Å². The van der Waals surface area contributed by atoms with E-state index in [2.05, 4.69) is 35.8 Å². The highest BCUT2D eigenvalue weighted by Gasteiger charge is 2.35. The number of unbranched alkanes of at least 4 members (excludes halogenated alkanes) is 1. The number of amides is 1. The molecule has 1 aliphatic rings. The first-order valence-corrected chi connectivity index (χ1v) is 10.7. The van der Waals surface area contributed by atoms with E-state index >= 15 is 0 Å². The fourth-order valence-corrected chi connectivity index (χ4v) is 4.47. The number of carbonyl (C=O) groups is 1. The Bertz CT molecular complexity index is 774. The van der Waals surface area contributed by atoms with Gasteiger partial charge in [0, 0.05) is 42.8 Å². The number of para-hydroxylation sites is 1. The number of nitrogens with zero attached hydrogens (tertiary/aromatic N) is 3. The number of hydrogen-bond donors (Lipinski definition) is 1. The van der Waals surface area contributed by atoms with Gasteiger partial charge >= 0.3 is 0 Å². The van der Waals surface area contributed by atoms with Crippen LogP contribution in [0, 0.1) is 0 Å². The normalized spacial score (nSPS) is 17.3. The second-order valence-corrected chi connectivity index (χ2v) is 8.54. The summed E-state index contributed by atoms with van der Waals surface area (Å²) in [6.45, 7) is 6.23. The first kappa shape index (κ1) is 20.9. The summed E-state index contributed by atoms with van der Waals surface area (Å²) in [6, 6.07) is 7.99. The number of piperidine rings is 1. The summed E-state index contributed by atoms with van der Waals surface area (Å²) in [5, 5.41) is 1.00. The molecule has 1 aliphatic heterocycles. The number of H-pyrrole nitrogens is 1. The minimum atomic E-state index is 0.0973. The van der Waals surface area contributed by atoms with E-state index < -0.39 is 0 Å². The van der Waals surface area contributed by atoms with Crippen molar-refractivity contribution in [2.45, 2.75) is 44.6 Å². The Morgan fingerprint density at radius 2 is 1.89 bits per heavy atom. The SMILES string of the molecule is CCCCC1(N(C)C)CCN(CCN(C)C(=O)c2c[nH]c3ccccc23)CC1. The molecule has 1 aromatic heterocycles. The van der Waals surface area contributed by atoms with Crippen molar-refractivity contribution in [3.8, 4) is 0 Å². The number of aromatic amines is 1. The molecule has 1 N–H and O–H groups in total. The lowest BCUT2D eigenvalue weighted by Crippen LogP contribution is -2.53. The van der Waals surface area contributed by atoms with E-state index in [1.165, 1.54) is 32.1 Å². The number of nitrogens with one attached hydrogen (secondary N) is 1. The molecule has 1 saturated heterocycles. The quantitative estimate of drug-likeness (QED) is 0.752. The summed E-state index contributed by atoms with van der Waals surface area (Å²) in [6.07, 6.45) is 8.15. The molecule has 0 spiro atoms. The first-order chi connectivity index (χ1) is 13.5. The van der Waals surface area contributed by atoms with E-state index in [0.717, 1.165) is 42.6 Å². The predicted octanol–water partition coefficient (Wildman–Crippen LogP) is 3.83. The van der Waals surface area contributed by atoms with E-state index in [1.807, 2.05) is 42.4 Å². The first-order valence-electron chi connectivity index (χ1n) is 10.7. The summed E-state index contributed by atoms with van der Waals surface area (Å²) >= 11 is 0. The number of carbonyl (C=O) groups excluding carboxylic acids is 1. The minimum absolute atomic E-state index is 0.0973. The van der Waals surface area contributed by atoms with Gasteiger partial charge < -0.3 is 19.7 Å². The van der Waals surface area contributed by atoms with Crippen LogP contribution in [-0.2, 0) is 0 Å². The molecule has 2 aromatic rings. The number of fused-ring (bicyclic) bond motifs is 1. The molecule has 0 aliphatic carbocycles. The van der Waals surface area contributed by atoms with E-state index in [1.54, 1.807) is 0 Å². The highest BCUT2D eigenvalue weighted by molar-refractivity contribution is 6.06. The molecule has 0 bridgehead atoms. The monoisotopic (exact) mass is 384 g/mol. The van der Waals surface area contributed by atoms with Crippen molar-refractivity contribution in [2.75, 3.05) is 47.3 Å². The summed E-state index contributed by atoms with van der Waals surface area (Å²) < 4.78 is 0. The zero-order chi connectivity index (χ0) is 20.1. The van der Waals surface area contributed by atoms with Gasteiger partial charge in [-0.15, -0.1) is 0 Å². The van der Waals surface area contributed by atoms with Crippen LogP contribution in [0.2, 0.25) is 0 Å². The largest absolute Gasteiger partial charge is 0.360 e. The molecule has 2 heterocycles. The van der Waals surface area contributed by atoms with Crippen LogP contribution in [0.25, 0.3) is 10.9 Å². The van der Waals surface area contributed by atoms with E-state index in [4.69, 9.17) is 0 Å². The lowest BCUT2D eigenvalue weighted by molar-refractivity contribution is 0.0433.